The van der Waals surface area contributed by atoms with Crippen LogP contribution in [0.5, 0.6) is 0 Å². The lowest BCUT2D eigenvalue weighted by molar-refractivity contribution is -0.134. The summed E-state index contributed by atoms with van der Waals surface area (Å²) >= 11 is 0. The van der Waals surface area contributed by atoms with Crippen LogP contribution in [-0.4, -0.2) is 24.9 Å². The smallest absolute Gasteiger partial charge is 0.234 e. The van der Waals surface area contributed by atoms with Crippen molar-refractivity contribution < 1.29 is 14.0 Å². The van der Waals surface area contributed by atoms with E-state index in [0.717, 1.165) is 37.5 Å². The van der Waals surface area contributed by atoms with Gasteiger partial charge in [-0.3, -0.25) is 14.9 Å². The number of carbonyl (C=O) groups is 2. The van der Waals surface area contributed by atoms with Gasteiger partial charge in [0.05, 0.1) is 5.92 Å². The average Bonchev–Trinajstić information content (AvgIpc) is 2.56. The molecular formula is C19H25FN2O2. The first-order chi connectivity index (χ1) is 11.6. The molecule has 0 aliphatic carbocycles. The molecule has 24 heavy (non-hydrogen) atoms. The number of hydrogen-bond donors (Lipinski definition) is 1. The summed E-state index contributed by atoms with van der Waals surface area (Å²) in [5, 5.41) is 2.29. The number of hydrogen-bond acceptors (Lipinski definition) is 3. The van der Waals surface area contributed by atoms with Crippen molar-refractivity contribution in [2.75, 3.05) is 18.0 Å². The van der Waals surface area contributed by atoms with Gasteiger partial charge in [-0.05, 0) is 37.3 Å². The summed E-state index contributed by atoms with van der Waals surface area (Å²) in [6.45, 7) is 4.14. The van der Waals surface area contributed by atoms with E-state index in [-0.39, 0.29) is 18.1 Å². The number of anilines is 1. The second-order valence-electron chi connectivity index (χ2n) is 6.93. The first-order valence-corrected chi connectivity index (χ1v) is 8.96. The largest absolute Gasteiger partial charge is 0.371 e. The number of imide groups is 1. The van der Waals surface area contributed by atoms with E-state index in [9.17, 15) is 14.0 Å². The van der Waals surface area contributed by atoms with Gasteiger partial charge in [0.1, 0.15) is 5.82 Å². The quantitative estimate of drug-likeness (QED) is 0.860. The van der Waals surface area contributed by atoms with Crippen LogP contribution in [-0.2, 0) is 9.59 Å². The predicted octanol–water partition coefficient (Wildman–Crippen LogP) is 3.36. The topological polar surface area (TPSA) is 49.4 Å². The Morgan fingerprint density at radius 1 is 1.21 bits per heavy atom. The van der Waals surface area contributed by atoms with Crippen molar-refractivity contribution in [3.8, 4) is 0 Å². The minimum absolute atomic E-state index is 0.266. The fourth-order valence-electron chi connectivity index (χ4n) is 3.87. The minimum atomic E-state index is -0.563. The zero-order chi connectivity index (χ0) is 17.1. The third-order valence-electron chi connectivity index (χ3n) is 5.28. The maximum absolute atomic E-state index is 14.6. The Labute approximate surface area is 142 Å². The molecule has 1 atom stereocenters. The average molecular weight is 332 g/mol. The Morgan fingerprint density at radius 3 is 2.58 bits per heavy atom. The van der Waals surface area contributed by atoms with E-state index in [4.69, 9.17) is 0 Å². The minimum Gasteiger partial charge on any atom is -0.371 e. The lowest BCUT2D eigenvalue weighted by Gasteiger charge is -2.34. The Kier molecular flexibility index (Phi) is 5.17. The molecule has 2 heterocycles. The van der Waals surface area contributed by atoms with Gasteiger partial charge in [0.25, 0.3) is 0 Å². The van der Waals surface area contributed by atoms with E-state index in [1.165, 1.54) is 12.8 Å². The summed E-state index contributed by atoms with van der Waals surface area (Å²) in [6.07, 6.45) is 5.46. The molecule has 2 amide bonds. The van der Waals surface area contributed by atoms with E-state index in [1.807, 2.05) is 6.07 Å². The Balaban J connectivity index is 1.69. The number of nitrogens with zero attached hydrogens (tertiary/aromatic N) is 1. The predicted molar refractivity (Wildman–Crippen MR) is 91.4 cm³/mol. The third-order valence-corrected chi connectivity index (χ3v) is 5.28. The molecule has 2 fully saturated rings. The Morgan fingerprint density at radius 2 is 1.96 bits per heavy atom. The van der Waals surface area contributed by atoms with Gasteiger partial charge in [-0.2, -0.15) is 0 Å². The van der Waals surface area contributed by atoms with Crippen LogP contribution in [0.25, 0.3) is 0 Å². The van der Waals surface area contributed by atoms with Crippen molar-refractivity contribution in [2.45, 2.75) is 51.4 Å². The third kappa shape index (κ3) is 3.60. The number of piperidine rings is 2. The number of carbonyl (C=O) groups excluding carboxylic acids is 2. The molecule has 0 spiro atoms. The molecule has 4 nitrogen and oxygen atoms in total. The highest BCUT2D eigenvalue weighted by Crippen LogP contribution is 2.31. The summed E-state index contributed by atoms with van der Waals surface area (Å²) in [5.41, 5.74) is 1.28. The van der Waals surface area contributed by atoms with Gasteiger partial charge in [-0.15, -0.1) is 0 Å². The first-order valence-electron chi connectivity index (χ1n) is 8.96. The SMILES string of the molecule is CCCC1CCN(c2ccc(C3CCC(=O)NC3=O)c(F)c2)CC1. The zero-order valence-corrected chi connectivity index (χ0v) is 14.2. The van der Waals surface area contributed by atoms with Crippen LogP contribution in [0.1, 0.15) is 56.9 Å². The highest BCUT2D eigenvalue weighted by molar-refractivity contribution is 6.00. The maximum atomic E-state index is 14.6. The van der Waals surface area contributed by atoms with Gasteiger partial charge in [0.15, 0.2) is 0 Å². The number of amides is 2. The first kappa shape index (κ1) is 16.9. The van der Waals surface area contributed by atoms with E-state index in [1.54, 1.807) is 12.1 Å². The Bertz CT molecular complexity index is 624. The molecule has 0 saturated carbocycles. The summed E-state index contributed by atoms with van der Waals surface area (Å²) in [6, 6.07) is 5.16. The van der Waals surface area contributed by atoms with Crippen molar-refractivity contribution in [1.82, 2.24) is 5.32 Å². The van der Waals surface area contributed by atoms with Gasteiger partial charge < -0.3 is 4.90 Å². The number of benzene rings is 1. The molecule has 2 aliphatic rings. The van der Waals surface area contributed by atoms with Crippen molar-refractivity contribution in [2.24, 2.45) is 5.92 Å². The lowest BCUT2D eigenvalue weighted by atomic mass is 9.89. The normalized spacial score (nSPS) is 22.6. The molecule has 0 bridgehead atoms. The van der Waals surface area contributed by atoms with Crippen LogP contribution in [0.3, 0.4) is 0 Å². The molecule has 1 N–H and O–H groups in total. The van der Waals surface area contributed by atoms with Gasteiger partial charge in [-0.25, -0.2) is 4.39 Å². The molecule has 0 aromatic heterocycles. The van der Waals surface area contributed by atoms with Crippen molar-refractivity contribution in [3.05, 3.63) is 29.6 Å². The summed E-state index contributed by atoms with van der Waals surface area (Å²) in [5.74, 6) is -0.787. The van der Waals surface area contributed by atoms with Crippen LogP contribution >= 0.6 is 0 Å². The van der Waals surface area contributed by atoms with Gasteiger partial charge in [0, 0.05) is 30.8 Å². The van der Waals surface area contributed by atoms with Crippen LogP contribution in [0.2, 0.25) is 0 Å². The maximum Gasteiger partial charge on any atom is 0.234 e. The molecule has 3 rings (SSSR count). The van der Waals surface area contributed by atoms with E-state index in [2.05, 4.69) is 17.1 Å². The van der Waals surface area contributed by atoms with E-state index in [0.29, 0.717) is 12.0 Å². The van der Waals surface area contributed by atoms with Crippen LogP contribution < -0.4 is 10.2 Å². The van der Waals surface area contributed by atoms with Crippen molar-refractivity contribution in [3.63, 3.8) is 0 Å². The van der Waals surface area contributed by atoms with Crippen LogP contribution in [0.15, 0.2) is 18.2 Å². The summed E-state index contributed by atoms with van der Waals surface area (Å²) in [4.78, 5) is 25.4. The standard InChI is InChI=1S/C19H25FN2O2/c1-2-3-13-8-10-22(11-9-13)14-4-5-15(17(20)12-14)16-6-7-18(23)21-19(16)24/h4-5,12-13,16H,2-3,6-11H2,1H3,(H,21,23,24). The fourth-order valence-corrected chi connectivity index (χ4v) is 3.87. The lowest BCUT2D eigenvalue weighted by Crippen LogP contribution is -2.39. The molecule has 2 aliphatic heterocycles. The zero-order valence-electron chi connectivity index (χ0n) is 14.2. The molecule has 1 aromatic carbocycles. The molecule has 1 unspecified atom stereocenters. The second-order valence-corrected chi connectivity index (χ2v) is 6.93. The molecule has 0 radical (unpaired) electrons. The van der Waals surface area contributed by atoms with Crippen molar-refractivity contribution >= 4 is 17.5 Å². The molecule has 1 aromatic rings. The highest BCUT2D eigenvalue weighted by atomic mass is 19.1. The fraction of sp³-hybridized carbons (Fsp3) is 0.579. The molecule has 130 valence electrons. The van der Waals surface area contributed by atoms with Gasteiger partial charge >= 0.3 is 0 Å². The monoisotopic (exact) mass is 332 g/mol. The van der Waals surface area contributed by atoms with Crippen molar-refractivity contribution in [1.29, 1.82) is 0 Å². The van der Waals surface area contributed by atoms with Gasteiger partial charge in [0.2, 0.25) is 11.8 Å². The van der Waals surface area contributed by atoms with Crippen LogP contribution in [0.4, 0.5) is 10.1 Å². The van der Waals surface area contributed by atoms with E-state index < -0.39 is 11.8 Å². The summed E-state index contributed by atoms with van der Waals surface area (Å²) in [7, 11) is 0. The number of rotatable bonds is 4. The summed E-state index contributed by atoms with van der Waals surface area (Å²) < 4.78 is 14.6. The second kappa shape index (κ2) is 7.32. The van der Waals surface area contributed by atoms with E-state index >= 15 is 0 Å². The van der Waals surface area contributed by atoms with Crippen LogP contribution in [0, 0.1) is 11.7 Å². The molecular weight excluding hydrogens is 307 g/mol. The highest BCUT2D eigenvalue weighted by Gasteiger charge is 2.30. The van der Waals surface area contributed by atoms with Gasteiger partial charge in [-0.1, -0.05) is 25.8 Å². The molecule has 2 saturated heterocycles. The molecule has 5 heteroatoms. The number of halogens is 1. The number of nitrogens with one attached hydrogen (secondary N) is 1. The Hall–Kier alpha value is -1.91.